The molecule has 0 unspecified atom stereocenters. The number of rotatable bonds is 5. The highest BCUT2D eigenvalue weighted by Crippen LogP contribution is 1.89. The van der Waals surface area contributed by atoms with Crippen molar-refractivity contribution in [2.24, 2.45) is 0 Å². The number of likely N-dealkylation sites (N-methyl/N-ethyl adjacent to an activating group) is 1. The van der Waals surface area contributed by atoms with E-state index < -0.39 is 0 Å². The number of unbranched alkanes of at least 4 members (excludes halogenated alkanes) is 1. The van der Waals surface area contributed by atoms with Crippen LogP contribution < -0.4 is 0 Å². The van der Waals surface area contributed by atoms with E-state index in [2.05, 4.69) is 11.8 Å². The van der Waals surface area contributed by atoms with Crippen LogP contribution in [0.2, 0.25) is 0 Å². The molecular weight excluding hydrogens is 138 g/mol. The average molecular weight is 161 g/mol. The Bertz CT molecular complexity index is 57.5. The van der Waals surface area contributed by atoms with Crippen molar-refractivity contribution in [1.29, 1.82) is 0 Å². The average Bonchev–Trinajstić information content (AvgIpc) is 2.05. The fourth-order valence-electron chi connectivity index (χ4n) is 0.711. The van der Waals surface area contributed by atoms with E-state index in [-0.39, 0.29) is 6.61 Å². The highest BCUT2D eigenvalue weighted by atomic mass is 16.3. The van der Waals surface area contributed by atoms with Gasteiger partial charge >= 0.3 is 0 Å². The molecule has 2 heteroatoms. The van der Waals surface area contributed by atoms with Gasteiger partial charge < -0.3 is 10.0 Å². The third-order valence-corrected chi connectivity index (χ3v) is 1.38. The molecule has 0 aliphatic heterocycles. The molecule has 0 bridgehead atoms. The summed E-state index contributed by atoms with van der Waals surface area (Å²) >= 11 is 0. The maximum absolute atomic E-state index is 8.49. The Kier molecular flexibility index (Phi) is 15.4. The molecule has 70 valence electrons. The van der Waals surface area contributed by atoms with Gasteiger partial charge in [-0.3, -0.25) is 0 Å². The molecule has 0 spiro atoms. The summed E-state index contributed by atoms with van der Waals surface area (Å²) < 4.78 is 0. The number of nitrogens with zero attached hydrogens (tertiary/aromatic N) is 1. The number of hydrogen-bond acceptors (Lipinski definition) is 2. The van der Waals surface area contributed by atoms with Gasteiger partial charge in [-0.25, -0.2) is 0 Å². The van der Waals surface area contributed by atoms with Crippen molar-refractivity contribution in [2.45, 2.75) is 33.6 Å². The zero-order chi connectivity index (χ0) is 9.11. The van der Waals surface area contributed by atoms with Gasteiger partial charge in [-0.15, -0.1) is 0 Å². The lowest BCUT2D eigenvalue weighted by molar-refractivity contribution is 0.220. The van der Waals surface area contributed by atoms with Crippen LogP contribution in [0.1, 0.15) is 33.6 Å². The molecule has 0 atom stereocenters. The number of aliphatic hydroxyl groups is 1. The Morgan fingerprint density at radius 2 is 1.73 bits per heavy atom. The second kappa shape index (κ2) is 12.6. The Hall–Kier alpha value is -0.0800. The topological polar surface area (TPSA) is 23.5 Å². The second-order valence-electron chi connectivity index (χ2n) is 2.38. The molecule has 0 aromatic heterocycles. The minimum atomic E-state index is 0.278. The highest BCUT2D eigenvalue weighted by molar-refractivity contribution is 4.47. The van der Waals surface area contributed by atoms with Gasteiger partial charge in [0.2, 0.25) is 0 Å². The predicted molar refractivity (Wildman–Crippen MR) is 50.8 cm³/mol. The smallest absolute Gasteiger partial charge is 0.0558 e. The van der Waals surface area contributed by atoms with Crippen LogP contribution in [0, 0.1) is 0 Å². The number of aliphatic hydroxyl groups excluding tert-OH is 1. The molecule has 0 aromatic rings. The summed E-state index contributed by atoms with van der Waals surface area (Å²) in [5, 5.41) is 8.49. The minimum absolute atomic E-state index is 0.278. The lowest BCUT2D eigenvalue weighted by Crippen LogP contribution is -2.22. The first kappa shape index (κ1) is 13.5. The molecule has 0 radical (unpaired) electrons. The molecule has 0 aliphatic carbocycles. The minimum Gasteiger partial charge on any atom is -0.395 e. The van der Waals surface area contributed by atoms with Crippen LogP contribution in [-0.4, -0.2) is 36.8 Å². The number of hydrogen-bond donors (Lipinski definition) is 1. The molecule has 0 heterocycles. The molecule has 11 heavy (non-hydrogen) atoms. The van der Waals surface area contributed by atoms with E-state index in [9.17, 15) is 0 Å². The van der Waals surface area contributed by atoms with Crippen LogP contribution in [0.25, 0.3) is 0 Å². The molecule has 0 aliphatic rings. The largest absolute Gasteiger partial charge is 0.395 e. The predicted octanol–water partition coefficient (Wildman–Crippen LogP) is 1.74. The first-order chi connectivity index (χ1) is 5.31. The van der Waals surface area contributed by atoms with Gasteiger partial charge in [0.1, 0.15) is 0 Å². The summed E-state index contributed by atoms with van der Waals surface area (Å²) in [5.74, 6) is 0. The van der Waals surface area contributed by atoms with Gasteiger partial charge in [-0.2, -0.15) is 0 Å². The van der Waals surface area contributed by atoms with E-state index in [1.165, 1.54) is 12.8 Å². The SMILES string of the molecule is CC.CCCCN(C)CCO. The van der Waals surface area contributed by atoms with Crippen molar-refractivity contribution >= 4 is 0 Å². The van der Waals surface area contributed by atoms with E-state index in [0.29, 0.717) is 0 Å². The summed E-state index contributed by atoms with van der Waals surface area (Å²) in [4.78, 5) is 2.14. The maximum atomic E-state index is 8.49. The van der Waals surface area contributed by atoms with Gasteiger partial charge in [-0.1, -0.05) is 27.2 Å². The van der Waals surface area contributed by atoms with Crippen molar-refractivity contribution in [3.05, 3.63) is 0 Å². The van der Waals surface area contributed by atoms with E-state index in [0.717, 1.165) is 13.1 Å². The van der Waals surface area contributed by atoms with Crippen LogP contribution in [0.3, 0.4) is 0 Å². The van der Waals surface area contributed by atoms with E-state index in [1.807, 2.05) is 20.9 Å². The van der Waals surface area contributed by atoms with Crippen molar-refractivity contribution in [3.63, 3.8) is 0 Å². The van der Waals surface area contributed by atoms with Gasteiger partial charge in [0.05, 0.1) is 6.61 Å². The monoisotopic (exact) mass is 161 g/mol. The molecule has 1 N–H and O–H groups in total. The fourth-order valence-corrected chi connectivity index (χ4v) is 0.711. The van der Waals surface area contributed by atoms with E-state index in [1.54, 1.807) is 0 Å². The summed E-state index contributed by atoms with van der Waals surface area (Å²) in [6.07, 6.45) is 2.46. The van der Waals surface area contributed by atoms with Crippen LogP contribution in [0.5, 0.6) is 0 Å². The van der Waals surface area contributed by atoms with Crippen LogP contribution in [0.15, 0.2) is 0 Å². The third-order valence-electron chi connectivity index (χ3n) is 1.38. The molecular formula is C9H23NO. The van der Waals surface area contributed by atoms with Crippen molar-refractivity contribution in [3.8, 4) is 0 Å². The Morgan fingerprint density at radius 1 is 1.18 bits per heavy atom. The maximum Gasteiger partial charge on any atom is 0.0558 e. The normalized spacial score (nSPS) is 9.27. The van der Waals surface area contributed by atoms with Gasteiger partial charge in [0, 0.05) is 6.54 Å². The fraction of sp³-hybridized carbons (Fsp3) is 1.00. The van der Waals surface area contributed by atoms with Crippen molar-refractivity contribution < 1.29 is 5.11 Å². The molecule has 0 rings (SSSR count). The first-order valence-electron chi connectivity index (χ1n) is 4.60. The van der Waals surface area contributed by atoms with Crippen LogP contribution in [-0.2, 0) is 0 Å². The standard InChI is InChI=1S/C7H17NO.C2H6/c1-3-4-5-8(2)6-7-9;1-2/h9H,3-7H2,1-2H3;1-2H3. The summed E-state index contributed by atoms with van der Waals surface area (Å²) in [6.45, 7) is 8.37. The Balaban J connectivity index is 0. The van der Waals surface area contributed by atoms with Gasteiger partial charge in [-0.05, 0) is 20.0 Å². The van der Waals surface area contributed by atoms with Crippen LogP contribution >= 0.6 is 0 Å². The second-order valence-corrected chi connectivity index (χ2v) is 2.38. The molecule has 0 saturated carbocycles. The van der Waals surface area contributed by atoms with Crippen LogP contribution in [0.4, 0.5) is 0 Å². The summed E-state index contributed by atoms with van der Waals surface area (Å²) in [5.41, 5.74) is 0. The van der Waals surface area contributed by atoms with Crippen molar-refractivity contribution in [2.75, 3.05) is 26.7 Å². The lowest BCUT2D eigenvalue weighted by atomic mass is 10.3. The molecule has 2 nitrogen and oxygen atoms in total. The third kappa shape index (κ3) is 13.0. The molecule has 0 fully saturated rings. The lowest BCUT2D eigenvalue weighted by Gasteiger charge is -2.13. The van der Waals surface area contributed by atoms with Gasteiger partial charge in [0.25, 0.3) is 0 Å². The Morgan fingerprint density at radius 3 is 2.09 bits per heavy atom. The highest BCUT2D eigenvalue weighted by Gasteiger charge is 1.93. The quantitative estimate of drug-likeness (QED) is 0.664. The van der Waals surface area contributed by atoms with E-state index in [4.69, 9.17) is 5.11 Å². The molecule has 0 saturated heterocycles. The summed E-state index contributed by atoms with van der Waals surface area (Å²) in [7, 11) is 2.03. The van der Waals surface area contributed by atoms with E-state index >= 15 is 0 Å². The zero-order valence-corrected chi connectivity index (χ0v) is 8.43. The van der Waals surface area contributed by atoms with Crippen molar-refractivity contribution in [1.82, 2.24) is 4.90 Å². The molecule has 0 aromatic carbocycles. The first-order valence-corrected chi connectivity index (χ1v) is 4.60. The summed E-state index contributed by atoms with van der Waals surface area (Å²) in [6, 6.07) is 0. The Labute approximate surface area is 71.2 Å². The van der Waals surface area contributed by atoms with Gasteiger partial charge in [0.15, 0.2) is 0 Å². The molecule has 0 amide bonds. The zero-order valence-electron chi connectivity index (χ0n) is 8.43.